The summed E-state index contributed by atoms with van der Waals surface area (Å²) >= 11 is 0. The van der Waals surface area contributed by atoms with Gasteiger partial charge in [0.05, 0.1) is 13.2 Å². The van der Waals surface area contributed by atoms with Crippen LogP contribution in [0.1, 0.15) is 19.4 Å². The van der Waals surface area contributed by atoms with Crippen LogP contribution in [0.25, 0.3) is 0 Å². The van der Waals surface area contributed by atoms with E-state index in [1.54, 1.807) is 12.1 Å². The Morgan fingerprint density at radius 2 is 1.75 bits per heavy atom. The topological polar surface area (TPSA) is 114 Å². The first kappa shape index (κ1) is 19.4. The molecule has 0 heterocycles. The van der Waals surface area contributed by atoms with Gasteiger partial charge in [0, 0.05) is 0 Å². The maximum atomic E-state index is 12.0. The first-order chi connectivity index (χ1) is 11.3. The van der Waals surface area contributed by atoms with Gasteiger partial charge >= 0.3 is 12.1 Å². The molecule has 1 rings (SSSR count). The first-order valence-electron chi connectivity index (χ1n) is 7.38. The fourth-order valence-electron chi connectivity index (χ4n) is 1.79. The van der Waals surface area contributed by atoms with Crippen LogP contribution in [-0.4, -0.2) is 48.4 Å². The third kappa shape index (κ3) is 6.25. The molecule has 1 aromatic carbocycles. The zero-order valence-electron chi connectivity index (χ0n) is 13.8. The number of aliphatic hydroxyl groups excluding tert-OH is 1. The molecule has 0 saturated carbocycles. The van der Waals surface area contributed by atoms with Gasteiger partial charge < -0.3 is 25.2 Å². The number of benzene rings is 1. The minimum Gasteiger partial charge on any atom is -0.467 e. The van der Waals surface area contributed by atoms with Crippen LogP contribution in [0.15, 0.2) is 30.3 Å². The van der Waals surface area contributed by atoms with E-state index in [-0.39, 0.29) is 6.61 Å². The lowest BCUT2D eigenvalue weighted by atomic mass is 10.1. The van der Waals surface area contributed by atoms with Crippen molar-refractivity contribution < 1.29 is 29.0 Å². The van der Waals surface area contributed by atoms with Crippen molar-refractivity contribution in [1.29, 1.82) is 0 Å². The summed E-state index contributed by atoms with van der Waals surface area (Å²) in [4.78, 5) is 35.2. The van der Waals surface area contributed by atoms with Crippen molar-refractivity contribution in [2.24, 2.45) is 0 Å². The molecule has 0 aliphatic heterocycles. The molecule has 1 unspecified atom stereocenters. The molecule has 3 atom stereocenters. The maximum absolute atomic E-state index is 12.0. The number of hydrogen-bond acceptors (Lipinski definition) is 6. The van der Waals surface area contributed by atoms with E-state index >= 15 is 0 Å². The highest BCUT2D eigenvalue weighted by molar-refractivity contribution is 5.89. The Morgan fingerprint density at radius 1 is 1.12 bits per heavy atom. The second kappa shape index (κ2) is 9.51. The van der Waals surface area contributed by atoms with E-state index in [0.717, 1.165) is 12.7 Å². The number of carbonyl (C=O) groups is 3. The number of alkyl carbamates (subject to hydrolysis) is 1. The lowest BCUT2D eigenvalue weighted by molar-refractivity contribution is -0.148. The Balaban J connectivity index is 2.47. The average Bonchev–Trinajstić information content (AvgIpc) is 2.57. The maximum Gasteiger partial charge on any atom is 0.408 e. The molecular formula is C16H22N2O6. The van der Waals surface area contributed by atoms with E-state index in [4.69, 9.17) is 4.74 Å². The Kier molecular flexibility index (Phi) is 7.70. The van der Waals surface area contributed by atoms with E-state index in [9.17, 15) is 19.5 Å². The van der Waals surface area contributed by atoms with Crippen LogP contribution in [-0.2, 0) is 25.7 Å². The Hall–Kier alpha value is -2.61. The molecule has 2 amide bonds. The summed E-state index contributed by atoms with van der Waals surface area (Å²) in [6, 6.07) is 6.90. The number of nitrogens with one attached hydrogen (secondary N) is 2. The van der Waals surface area contributed by atoms with Crippen LogP contribution in [0.4, 0.5) is 4.79 Å². The van der Waals surface area contributed by atoms with Crippen molar-refractivity contribution in [2.75, 3.05) is 7.11 Å². The van der Waals surface area contributed by atoms with Gasteiger partial charge in [0.25, 0.3) is 0 Å². The number of esters is 1. The van der Waals surface area contributed by atoms with E-state index in [2.05, 4.69) is 15.4 Å². The molecule has 8 heteroatoms. The number of rotatable bonds is 7. The predicted molar refractivity (Wildman–Crippen MR) is 84.9 cm³/mol. The number of carbonyl (C=O) groups excluding carboxylic acids is 3. The summed E-state index contributed by atoms with van der Waals surface area (Å²) in [7, 11) is 1.15. The number of ether oxygens (including phenoxy) is 2. The minimum atomic E-state index is -1.22. The van der Waals surface area contributed by atoms with Crippen LogP contribution in [0, 0.1) is 0 Å². The van der Waals surface area contributed by atoms with Crippen LogP contribution >= 0.6 is 0 Å². The average molecular weight is 338 g/mol. The van der Waals surface area contributed by atoms with E-state index in [1.807, 2.05) is 18.2 Å². The molecule has 0 bridgehead atoms. The molecule has 8 nitrogen and oxygen atoms in total. The highest BCUT2D eigenvalue weighted by Gasteiger charge is 2.28. The SMILES string of the molecule is COC(=O)[C@@H](NC(=O)[C@H](C)NC(=O)OCc1ccccc1)C(C)O. The van der Waals surface area contributed by atoms with Gasteiger partial charge in [-0.15, -0.1) is 0 Å². The standard InChI is InChI=1S/C16H22N2O6/c1-10(14(20)18-13(11(2)19)15(21)23-3)17-16(22)24-9-12-7-5-4-6-8-12/h4-8,10-11,13,19H,9H2,1-3H3,(H,17,22)(H,18,20)/t10-,11?,13-/m0/s1. The molecule has 0 spiro atoms. The number of methoxy groups -OCH3 is 1. The molecule has 132 valence electrons. The molecule has 1 aromatic rings. The highest BCUT2D eigenvalue weighted by Crippen LogP contribution is 2.01. The molecular weight excluding hydrogens is 316 g/mol. The van der Waals surface area contributed by atoms with Gasteiger partial charge in [0.1, 0.15) is 12.6 Å². The summed E-state index contributed by atoms with van der Waals surface area (Å²) in [5.41, 5.74) is 0.810. The molecule has 0 aliphatic rings. The summed E-state index contributed by atoms with van der Waals surface area (Å²) < 4.78 is 9.50. The van der Waals surface area contributed by atoms with Gasteiger partial charge in [0.2, 0.25) is 5.91 Å². The minimum absolute atomic E-state index is 0.0689. The second-order valence-electron chi connectivity index (χ2n) is 5.18. The van der Waals surface area contributed by atoms with E-state index < -0.39 is 36.2 Å². The summed E-state index contributed by atoms with van der Waals surface area (Å²) in [6.07, 6.45) is -1.91. The zero-order valence-corrected chi connectivity index (χ0v) is 13.8. The van der Waals surface area contributed by atoms with Gasteiger partial charge in [-0.1, -0.05) is 30.3 Å². The van der Waals surface area contributed by atoms with Gasteiger partial charge in [-0.2, -0.15) is 0 Å². The Bertz CT molecular complexity index is 561. The van der Waals surface area contributed by atoms with Crippen molar-refractivity contribution >= 4 is 18.0 Å². The number of aliphatic hydroxyl groups is 1. The van der Waals surface area contributed by atoms with Gasteiger partial charge in [-0.05, 0) is 19.4 Å². The van der Waals surface area contributed by atoms with Crippen molar-refractivity contribution in [2.45, 2.75) is 38.6 Å². The molecule has 3 N–H and O–H groups in total. The lowest BCUT2D eigenvalue weighted by Gasteiger charge is -2.21. The van der Waals surface area contributed by atoms with Crippen molar-refractivity contribution in [3.8, 4) is 0 Å². The van der Waals surface area contributed by atoms with Gasteiger partial charge in [-0.25, -0.2) is 9.59 Å². The number of amides is 2. The summed E-state index contributed by atoms with van der Waals surface area (Å²) in [6.45, 7) is 2.84. The monoisotopic (exact) mass is 338 g/mol. The Morgan fingerprint density at radius 3 is 2.29 bits per heavy atom. The van der Waals surface area contributed by atoms with Gasteiger partial charge in [0.15, 0.2) is 6.04 Å². The van der Waals surface area contributed by atoms with Crippen LogP contribution in [0.3, 0.4) is 0 Å². The van der Waals surface area contributed by atoms with Crippen molar-refractivity contribution in [3.05, 3.63) is 35.9 Å². The quantitative estimate of drug-likeness (QED) is 0.618. The molecule has 0 aromatic heterocycles. The third-order valence-electron chi connectivity index (χ3n) is 3.18. The molecule has 24 heavy (non-hydrogen) atoms. The lowest BCUT2D eigenvalue weighted by Crippen LogP contribution is -2.54. The fraction of sp³-hybridized carbons (Fsp3) is 0.438. The predicted octanol–water partition coefficient (Wildman–Crippen LogP) is 0.340. The molecule has 0 radical (unpaired) electrons. The van der Waals surface area contributed by atoms with Crippen LogP contribution < -0.4 is 10.6 Å². The third-order valence-corrected chi connectivity index (χ3v) is 3.18. The summed E-state index contributed by atoms with van der Waals surface area (Å²) in [5.74, 6) is -1.43. The highest BCUT2D eigenvalue weighted by atomic mass is 16.5. The van der Waals surface area contributed by atoms with Crippen LogP contribution in [0.2, 0.25) is 0 Å². The smallest absolute Gasteiger partial charge is 0.408 e. The molecule has 0 aliphatic carbocycles. The van der Waals surface area contributed by atoms with Crippen molar-refractivity contribution in [1.82, 2.24) is 10.6 Å². The van der Waals surface area contributed by atoms with Crippen LogP contribution in [0.5, 0.6) is 0 Å². The zero-order chi connectivity index (χ0) is 18.1. The second-order valence-corrected chi connectivity index (χ2v) is 5.18. The summed E-state index contributed by atoms with van der Waals surface area (Å²) in [5, 5.41) is 14.2. The largest absolute Gasteiger partial charge is 0.467 e. The fourth-order valence-corrected chi connectivity index (χ4v) is 1.79. The Labute approximate surface area is 140 Å². The van der Waals surface area contributed by atoms with E-state index in [0.29, 0.717) is 0 Å². The number of hydrogen-bond donors (Lipinski definition) is 3. The molecule has 0 fully saturated rings. The normalized spacial score (nSPS) is 14.0. The molecule has 0 saturated heterocycles. The van der Waals surface area contributed by atoms with E-state index in [1.165, 1.54) is 13.8 Å². The van der Waals surface area contributed by atoms with Crippen molar-refractivity contribution in [3.63, 3.8) is 0 Å². The van der Waals surface area contributed by atoms with Gasteiger partial charge in [-0.3, -0.25) is 4.79 Å². The first-order valence-corrected chi connectivity index (χ1v) is 7.38.